The van der Waals surface area contributed by atoms with Gasteiger partial charge < -0.3 is 14.9 Å². The first-order valence-electron chi connectivity index (χ1n) is 8.43. The van der Waals surface area contributed by atoms with E-state index in [1.165, 1.54) is 24.4 Å². The highest BCUT2D eigenvalue weighted by molar-refractivity contribution is 7.92. The summed E-state index contributed by atoms with van der Waals surface area (Å²) in [4.78, 5) is 15.9. The molecule has 26 heavy (non-hydrogen) atoms. The zero-order chi connectivity index (χ0) is 19.8. The lowest BCUT2D eigenvalue weighted by molar-refractivity contribution is -0.0349. The average molecular weight is 382 g/mol. The predicted octanol–water partition coefficient (Wildman–Crippen LogP) is -0.00838. The molecule has 0 radical (unpaired) electrons. The van der Waals surface area contributed by atoms with Crippen LogP contribution in [0.3, 0.4) is 0 Å². The average Bonchev–Trinajstić information content (AvgIpc) is 2.90. The van der Waals surface area contributed by atoms with Gasteiger partial charge in [-0.15, -0.1) is 0 Å². The molecule has 1 aromatic carbocycles. The third kappa shape index (κ3) is 3.49. The van der Waals surface area contributed by atoms with Gasteiger partial charge in [-0.25, -0.2) is 13.2 Å². The maximum Gasteiger partial charge on any atom is 0.351 e. The first kappa shape index (κ1) is 17.2. The van der Waals surface area contributed by atoms with Crippen molar-refractivity contribution in [3.05, 3.63) is 52.6 Å². The van der Waals surface area contributed by atoms with Gasteiger partial charge in [-0.2, -0.15) is 4.98 Å². The Bertz CT molecular complexity index is 978. The predicted molar refractivity (Wildman–Crippen MR) is 92.1 cm³/mol. The van der Waals surface area contributed by atoms with E-state index in [0.29, 0.717) is 0 Å². The molecule has 3 rings (SSSR count). The normalized spacial score (nSPS) is 26.5. The Kier molecular flexibility index (Phi) is 4.49. The Morgan fingerprint density at radius 2 is 1.92 bits per heavy atom. The third-order valence-corrected chi connectivity index (χ3v) is 5.38. The molecule has 1 fully saturated rings. The zero-order valence-corrected chi connectivity index (χ0v) is 14.6. The van der Waals surface area contributed by atoms with Gasteiger partial charge in [-0.05, 0) is 32.0 Å². The second-order valence-corrected chi connectivity index (χ2v) is 7.65. The molecular weight excluding hydrogens is 362 g/mol. The van der Waals surface area contributed by atoms with Crippen molar-refractivity contribution in [3.63, 3.8) is 0 Å². The van der Waals surface area contributed by atoms with Gasteiger partial charge in [-0.1, -0.05) is 17.7 Å². The van der Waals surface area contributed by atoms with E-state index in [2.05, 4.69) is 9.71 Å². The number of aliphatic hydroxyl groups is 2. The van der Waals surface area contributed by atoms with Crippen molar-refractivity contribution in [3.8, 4) is 0 Å². The van der Waals surface area contributed by atoms with E-state index in [-0.39, 0.29) is 17.6 Å². The van der Waals surface area contributed by atoms with Crippen LogP contribution in [0.5, 0.6) is 0 Å². The summed E-state index contributed by atoms with van der Waals surface area (Å²) >= 11 is 0. The molecule has 9 nitrogen and oxygen atoms in total. The standard InChI is InChI=1S/C16H19N3O6S/c1-9-3-5-11(6-4-9)26(23,24)18-12-7-8-19(16(22)17-12)15-14(21)13(20)10(2)25-15/h3-8,10,13-15,20-21H,1-2H3,(H,17,18,22)/t10-,13?,14+,15-/m1/s1/i2D. The Balaban J connectivity index is 1.83. The van der Waals surface area contributed by atoms with Crippen molar-refractivity contribution in [2.45, 2.75) is 43.3 Å². The summed E-state index contributed by atoms with van der Waals surface area (Å²) in [5.74, 6) is -0.193. The van der Waals surface area contributed by atoms with Gasteiger partial charge in [0.2, 0.25) is 0 Å². The van der Waals surface area contributed by atoms with Gasteiger partial charge in [0, 0.05) is 7.57 Å². The van der Waals surface area contributed by atoms with Crippen LogP contribution in [0.15, 0.2) is 46.2 Å². The molecule has 1 unspecified atom stereocenters. The number of anilines is 1. The zero-order valence-electron chi connectivity index (χ0n) is 14.8. The monoisotopic (exact) mass is 382 g/mol. The summed E-state index contributed by atoms with van der Waals surface area (Å²) in [6.45, 7) is 1.54. The van der Waals surface area contributed by atoms with Crippen LogP contribution in [0, 0.1) is 6.92 Å². The minimum Gasteiger partial charge on any atom is -0.388 e. The highest BCUT2D eigenvalue weighted by atomic mass is 32.2. The number of hydrogen-bond acceptors (Lipinski definition) is 7. The van der Waals surface area contributed by atoms with Gasteiger partial charge in [0.15, 0.2) is 6.23 Å². The summed E-state index contributed by atoms with van der Waals surface area (Å²) in [7, 11) is -3.92. The van der Waals surface area contributed by atoms with Crippen LogP contribution < -0.4 is 10.4 Å². The van der Waals surface area contributed by atoms with Gasteiger partial charge in [0.25, 0.3) is 10.0 Å². The Morgan fingerprint density at radius 3 is 2.50 bits per heavy atom. The van der Waals surface area contributed by atoms with E-state index >= 15 is 0 Å². The van der Waals surface area contributed by atoms with E-state index in [4.69, 9.17) is 6.11 Å². The highest BCUT2D eigenvalue weighted by Gasteiger charge is 2.41. The van der Waals surface area contributed by atoms with E-state index < -0.39 is 40.3 Å². The molecule has 2 aromatic rings. The molecule has 0 spiro atoms. The van der Waals surface area contributed by atoms with Crippen LogP contribution in [0.25, 0.3) is 0 Å². The van der Waals surface area contributed by atoms with E-state index in [9.17, 15) is 23.4 Å². The maximum absolute atomic E-state index is 12.4. The number of sulfonamides is 1. The van der Waals surface area contributed by atoms with Crippen molar-refractivity contribution >= 4 is 15.8 Å². The first-order chi connectivity index (χ1) is 12.7. The van der Waals surface area contributed by atoms with Gasteiger partial charge in [-0.3, -0.25) is 9.29 Å². The highest BCUT2D eigenvalue weighted by Crippen LogP contribution is 2.28. The lowest BCUT2D eigenvalue weighted by atomic mass is 10.1. The smallest absolute Gasteiger partial charge is 0.351 e. The van der Waals surface area contributed by atoms with E-state index in [1.54, 1.807) is 12.1 Å². The number of aromatic nitrogens is 2. The van der Waals surface area contributed by atoms with Gasteiger partial charge in [0.05, 0.1) is 11.0 Å². The fourth-order valence-electron chi connectivity index (χ4n) is 2.54. The Hall–Kier alpha value is -2.27. The van der Waals surface area contributed by atoms with Crippen LogP contribution in [0.4, 0.5) is 5.82 Å². The summed E-state index contributed by atoms with van der Waals surface area (Å²) in [6.07, 6.45) is -3.65. The number of aryl methyl sites for hydroxylation is 1. The van der Waals surface area contributed by atoms with Crippen LogP contribution in [0.1, 0.15) is 20.1 Å². The fraction of sp³-hybridized carbons (Fsp3) is 0.375. The molecule has 140 valence electrons. The quantitative estimate of drug-likeness (QED) is 0.678. The largest absolute Gasteiger partial charge is 0.388 e. The molecule has 0 bridgehead atoms. The summed E-state index contributed by atoms with van der Waals surface area (Å²) in [6, 6.07) is 7.40. The molecule has 1 saturated heterocycles. The number of ether oxygens (including phenoxy) is 1. The van der Waals surface area contributed by atoms with Crippen LogP contribution in [-0.2, 0) is 14.8 Å². The maximum atomic E-state index is 12.4. The number of hydrogen-bond donors (Lipinski definition) is 3. The van der Waals surface area contributed by atoms with Crippen LogP contribution in [-0.4, -0.2) is 46.5 Å². The summed E-state index contributed by atoms with van der Waals surface area (Å²) < 4.78 is 40.5. The summed E-state index contributed by atoms with van der Waals surface area (Å²) in [5.41, 5.74) is 0.0268. The first-order valence-corrected chi connectivity index (χ1v) is 9.21. The van der Waals surface area contributed by atoms with Crippen molar-refractivity contribution in [1.29, 1.82) is 0 Å². The molecule has 1 aliphatic heterocycles. The van der Waals surface area contributed by atoms with E-state index in [0.717, 1.165) is 10.1 Å². The molecule has 0 amide bonds. The van der Waals surface area contributed by atoms with Crippen molar-refractivity contribution in [2.24, 2.45) is 0 Å². The minimum atomic E-state index is -3.92. The Labute approximate surface area is 151 Å². The number of rotatable bonds is 4. The number of nitrogens with zero attached hydrogens (tertiary/aromatic N) is 2. The molecule has 2 heterocycles. The summed E-state index contributed by atoms with van der Waals surface area (Å²) in [5, 5.41) is 19.8. The van der Waals surface area contributed by atoms with Gasteiger partial charge in [0.1, 0.15) is 18.0 Å². The van der Waals surface area contributed by atoms with Gasteiger partial charge >= 0.3 is 5.69 Å². The molecular formula is C16H19N3O6S. The van der Waals surface area contributed by atoms with Crippen molar-refractivity contribution < 1.29 is 24.7 Å². The molecule has 0 saturated carbocycles. The second kappa shape index (κ2) is 6.80. The third-order valence-electron chi connectivity index (χ3n) is 4.01. The van der Waals surface area contributed by atoms with E-state index in [1.807, 2.05) is 6.92 Å². The van der Waals surface area contributed by atoms with Crippen LogP contribution in [0.2, 0.25) is 0 Å². The molecule has 3 N–H and O–H groups in total. The number of aliphatic hydroxyl groups excluding tert-OH is 2. The van der Waals surface area contributed by atoms with Crippen molar-refractivity contribution in [1.82, 2.24) is 9.55 Å². The molecule has 4 atom stereocenters. The molecule has 0 aliphatic carbocycles. The second-order valence-electron chi connectivity index (χ2n) is 5.97. The topological polar surface area (TPSA) is 131 Å². The SMILES string of the molecule is [2H]C[C@H]1O[C@@H](n2ccc(NS(=O)(=O)c3ccc(C)cc3)nc2=O)[C@@H](O)C1O. The van der Waals surface area contributed by atoms with Crippen LogP contribution >= 0.6 is 0 Å². The number of nitrogens with one attached hydrogen (secondary N) is 1. The molecule has 1 aromatic heterocycles. The minimum absolute atomic E-state index is 0.0232. The molecule has 10 heteroatoms. The lowest BCUT2D eigenvalue weighted by Gasteiger charge is -2.17. The lowest BCUT2D eigenvalue weighted by Crippen LogP contribution is -2.35. The molecule has 1 aliphatic rings. The fourth-order valence-corrected chi connectivity index (χ4v) is 3.54. The number of benzene rings is 1. The van der Waals surface area contributed by atoms with Crippen molar-refractivity contribution in [2.75, 3.05) is 4.72 Å². The Morgan fingerprint density at radius 1 is 1.23 bits per heavy atom.